The van der Waals surface area contributed by atoms with Crippen LogP contribution < -0.4 is 4.98 Å². The van der Waals surface area contributed by atoms with Crippen molar-refractivity contribution in [3.63, 3.8) is 0 Å². The predicted octanol–water partition coefficient (Wildman–Crippen LogP) is 11.9. The van der Waals surface area contributed by atoms with E-state index in [0.29, 0.717) is 0 Å². The maximum absolute atomic E-state index is 4.52. The van der Waals surface area contributed by atoms with Crippen molar-refractivity contribution in [2.45, 2.75) is 82.7 Å². The molecule has 0 aliphatic carbocycles. The van der Waals surface area contributed by atoms with Crippen LogP contribution in [-0.4, -0.2) is 4.57 Å². The van der Waals surface area contributed by atoms with E-state index in [0.717, 1.165) is 17.6 Å². The van der Waals surface area contributed by atoms with Gasteiger partial charge in [-0.25, -0.2) is 0 Å². The smallest absolute Gasteiger partial charge is 0.0491 e. The number of aryl methyl sites for hydroxylation is 1. The van der Waals surface area contributed by atoms with Gasteiger partial charge in [0.1, 0.15) is 0 Å². The van der Waals surface area contributed by atoms with Gasteiger partial charge in [-0.1, -0.05) is 154 Å². The maximum Gasteiger partial charge on any atom is 0.0491 e. The van der Waals surface area contributed by atoms with E-state index in [1.54, 1.807) is 0 Å². The quantitative estimate of drug-likeness (QED) is 0.184. The molecule has 209 valence electrons. The summed E-state index contributed by atoms with van der Waals surface area (Å²) >= 11 is 0. The van der Waals surface area contributed by atoms with Crippen molar-refractivity contribution >= 4 is 43.6 Å². The summed E-state index contributed by atoms with van der Waals surface area (Å²) in [6, 6.07) is 33.7. The van der Waals surface area contributed by atoms with Gasteiger partial charge >= 0.3 is 0 Å². The normalized spacial score (nSPS) is 8.79. The van der Waals surface area contributed by atoms with Crippen LogP contribution in [0, 0.1) is 0 Å². The van der Waals surface area contributed by atoms with Crippen LogP contribution in [0.15, 0.2) is 97.1 Å². The molecule has 0 fully saturated rings. The molecule has 0 N–H and O–H groups in total. The third kappa shape index (κ3) is 9.93. The molecule has 1 radical (unpaired) electrons. The molecule has 0 spiro atoms. The summed E-state index contributed by atoms with van der Waals surface area (Å²) in [5, 5.41) is 5.21. The van der Waals surface area contributed by atoms with Crippen molar-refractivity contribution in [1.29, 1.82) is 0 Å². The van der Waals surface area contributed by atoms with Crippen LogP contribution >= 0.6 is 0 Å². The summed E-state index contributed by atoms with van der Waals surface area (Å²) < 4.78 is 2.37. The fourth-order valence-electron chi connectivity index (χ4n) is 4.07. The molecule has 2 heterocycles. The topological polar surface area (TPSA) is 19.0 Å². The van der Waals surface area contributed by atoms with Gasteiger partial charge in [0.25, 0.3) is 0 Å². The molecular formula is C36H51N2Y-. The molecule has 0 aliphatic heterocycles. The van der Waals surface area contributed by atoms with Gasteiger partial charge in [-0.3, -0.25) is 0 Å². The number of hydrogen-bond acceptors (Lipinski definition) is 0. The average Bonchev–Trinajstić information content (AvgIpc) is 3.58. The molecular weight excluding hydrogens is 549 g/mol. The van der Waals surface area contributed by atoms with Crippen molar-refractivity contribution in [3.05, 3.63) is 97.1 Å². The van der Waals surface area contributed by atoms with E-state index in [2.05, 4.69) is 101 Å². The molecule has 0 bridgehead atoms. The fourth-order valence-corrected chi connectivity index (χ4v) is 4.07. The predicted molar refractivity (Wildman–Crippen MR) is 177 cm³/mol. The Morgan fingerprint density at radius 1 is 0.436 bits per heavy atom. The van der Waals surface area contributed by atoms with Crippen LogP contribution in [0.1, 0.15) is 76.2 Å². The third-order valence-electron chi connectivity index (χ3n) is 5.34. The van der Waals surface area contributed by atoms with Gasteiger partial charge in [0.2, 0.25) is 0 Å². The molecule has 0 saturated carbocycles. The zero-order valence-corrected chi connectivity index (χ0v) is 29.3. The van der Waals surface area contributed by atoms with E-state index in [9.17, 15) is 0 Å². The zero-order chi connectivity index (χ0) is 28.9. The van der Waals surface area contributed by atoms with Crippen LogP contribution in [-0.2, 0) is 39.3 Å². The van der Waals surface area contributed by atoms with E-state index in [4.69, 9.17) is 0 Å². The minimum Gasteiger partial charge on any atom is -0.657 e. The van der Waals surface area contributed by atoms with Crippen LogP contribution in [0.4, 0.5) is 0 Å². The number of hydrogen-bond donors (Lipinski definition) is 0. The second kappa shape index (κ2) is 23.5. The van der Waals surface area contributed by atoms with Crippen molar-refractivity contribution in [3.8, 4) is 0 Å². The number of rotatable bonds is 1. The van der Waals surface area contributed by atoms with Crippen LogP contribution in [0.2, 0.25) is 0 Å². The number of aromatic nitrogens is 2. The Labute approximate surface area is 264 Å². The van der Waals surface area contributed by atoms with Crippen LogP contribution in [0.5, 0.6) is 0 Å². The Bertz CT molecular complexity index is 1310. The molecule has 4 aromatic carbocycles. The first-order valence-electron chi connectivity index (χ1n) is 14.7. The molecule has 0 amide bonds. The maximum atomic E-state index is 4.52. The Morgan fingerprint density at radius 3 is 1.05 bits per heavy atom. The largest absolute Gasteiger partial charge is 0.657 e. The SMILES string of the molecule is CC.CC.CC.CC.CC.CCn1c2ccccc2c2ccccc21.[Y].c1ccc2c(c1)[n-]c1ccccc12. The molecule has 0 saturated heterocycles. The zero-order valence-electron chi connectivity index (χ0n) is 26.4. The van der Waals surface area contributed by atoms with Crippen molar-refractivity contribution in [2.24, 2.45) is 0 Å². The van der Waals surface area contributed by atoms with Gasteiger partial charge in [0.05, 0.1) is 0 Å². The van der Waals surface area contributed by atoms with Crippen molar-refractivity contribution in [2.75, 3.05) is 0 Å². The van der Waals surface area contributed by atoms with E-state index in [-0.39, 0.29) is 32.7 Å². The number of para-hydroxylation sites is 4. The third-order valence-corrected chi connectivity index (χ3v) is 5.34. The van der Waals surface area contributed by atoms with E-state index < -0.39 is 0 Å². The van der Waals surface area contributed by atoms with E-state index in [1.165, 1.54) is 32.6 Å². The first kappa shape index (κ1) is 38.7. The molecule has 0 unspecified atom stereocenters. The summed E-state index contributed by atoms with van der Waals surface area (Å²) in [7, 11) is 0. The molecule has 2 aromatic heterocycles. The Hall–Kier alpha value is -2.42. The van der Waals surface area contributed by atoms with Gasteiger partial charge < -0.3 is 9.55 Å². The summed E-state index contributed by atoms with van der Waals surface area (Å²) in [4.78, 5) is 4.52. The summed E-state index contributed by atoms with van der Waals surface area (Å²) in [6.45, 7) is 23.2. The summed E-state index contributed by atoms with van der Waals surface area (Å²) in [5.74, 6) is 0. The molecule has 2 nitrogen and oxygen atoms in total. The minimum atomic E-state index is 0. The molecule has 6 aromatic rings. The molecule has 3 heteroatoms. The van der Waals surface area contributed by atoms with Gasteiger partial charge in [-0.2, -0.15) is 0 Å². The first-order valence-corrected chi connectivity index (χ1v) is 14.7. The molecule has 6 rings (SSSR count). The van der Waals surface area contributed by atoms with Gasteiger partial charge in [-0.15, -0.1) is 11.0 Å². The molecule has 39 heavy (non-hydrogen) atoms. The Morgan fingerprint density at radius 2 is 0.718 bits per heavy atom. The van der Waals surface area contributed by atoms with E-state index in [1.807, 2.05) is 81.4 Å². The summed E-state index contributed by atoms with van der Waals surface area (Å²) in [6.07, 6.45) is 0. The second-order valence-electron chi connectivity index (χ2n) is 6.92. The Kier molecular flexibility index (Phi) is 23.3. The number of nitrogens with zero attached hydrogens (tertiary/aromatic N) is 2. The summed E-state index contributed by atoms with van der Waals surface area (Å²) in [5.41, 5.74) is 4.84. The van der Waals surface area contributed by atoms with Crippen LogP contribution in [0.3, 0.4) is 0 Å². The number of benzene rings is 4. The van der Waals surface area contributed by atoms with E-state index >= 15 is 0 Å². The molecule has 0 aliphatic rings. The fraction of sp³-hybridized carbons (Fsp3) is 0.333. The van der Waals surface area contributed by atoms with Gasteiger partial charge in [-0.05, 0) is 29.8 Å². The average molecular weight is 601 g/mol. The van der Waals surface area contributed by atoms with Crippen molar-refractivity contribution < 1.29 is 32.7 Å². The molecule has 0 atom stereocenters. The Balaban J connectivity index is 0. The minimum absolute atomic E-state index is 0. The standard InChI is InChI=1S/C14H13N.C12H8N.5C2H6.Y/c1-2-15-13-9-5-3-7-11(13)12-8-4-6-10-14(12)15;1-3-7-11-9(5-1)10-6-2-4-8-12(10)13-11;5*1-2;/h3-10H,2H2,1H3;1-8H;5*1-2H3;/q;-1;;;;;;. The van der Waals surface area contributed by atoms with Gasteiger partial charge in [0, 0.05) is 61.1 Å². The number of fused-ring (bicyclic) bond motifs is 6. The first-order chi connectivity index (χ1) is 18.9. The van der Waals surface area contributed by atoms with Gasteiger partial charge in [0.15, 0.2) is 0 Å². The monoisotopic (exact) mass is 600 g/mol. The van der Waals surface area contributed by atoms with Crippen molar-refractivity contribution in [1.82, 2.24) is 9.55 Å². The van der Waals surface area contributed by atoms with Crippen LogP contribution in [0.25, 0.3) is 43.6 Å². The second-order valence-corrected chi connectivity index (χ2v) is 6.92.